The average Bonchev–Trinajstić information content (AvgIpc) is 3.18. The van der Waals surface area contributed by atoms with Crippen LogP contribution in [0, 0.1) is 5.92 Å². The van der Waals surface area contributed by atoms with E-state index < -0.39 is 17.9 Å². The van der Waals surface area contributed by atoms with Crippen molar-refractivity contribution < 1.29 is 23.5 Å². The van der Waals surface area contributed by atoms with Gasteiger partial charge in [-0.05, 0) is 35.7 Å². The Hall–Kier alpha value is -3.09. The molecule has 1 heterocycles. The number of furan rings is 1. The SMILES string of the molecule is COC(=O)c1ccc(CNC(=O)[C@@H](NC(=O)c2ccco2)C(C)C)cc1. The van der Waals surface area contributed by atoms with E-state index in [9.17, 15) is 14.4 Å². The fourth-order valence-electron chi connectivity index (χ4n) is 2.33. The van der Waals surface area contributed by atoms with Crippen LogP contribution in [-0.4, -0.2) is 30.9 Å². The van der Waals surface area contributed by atoms with Gasteiger partial charge in [0.2, 0.25) is 5.91 Å². The summed E-state index contributed by atoms with van der Waals surface area (Å²) in [5.74, 6) is -1.10. The third-order valence-electron chi connectivity index (χ3n) is 3.82. The first kappa shape index (κ1) is 19.2. The molecule has 0 saturated carbocycles. The lowest BCUT2D eigenvalue weighted by atomic mass is 10.0. The summed E-state index contributed by atoms with van der Waals surface area (Å²) >= 11 is 0. The highest BCUT2D eigenvalue weighted by Crippen LogP contribution is 2.08. The van der Waals surface area contributed by atoms with Gasteiger partial charge >= 0.3 is 5.97 Å². The summed E-state index contributed by atoms with van der Waals surface area (Å²) in [6, 6.07) is 9.18. The number of rotatable bonds is 7. The summed E-state index contributed by atoms with van der Waals surface area (Å²) in [4.78, 5) is 36.0. The molecule has 1 aromatic carbocycles. The van der Waals surface area contributed by atoms with Gasteiger partial charge in [0.15, 0.2) is 5.76 Å². The maximum atomic E-state index is 12.5. The van der Waals surface area contributed by atoms with Crippen molar-refractivity contribution >= 4 is 17.8 Å². The Morgan fingerprint density at radius 2 is 1.81 bits per heavy atom. The number of amides is 2. The van der Waals surface area contributed by atoms with Crippen LogP contribution in [0.25, 0.3) is 0 Å². The molecule has 0 spiro atoms. The summed E-state index contributed by atoms with van der Waals surface area (Å²) in [6.45, 7) is 3.97. The molecule has 0 aliphatic carbocycles. The smallest absolute Gasteiger partial charge is 0.337 e. The van der Waals surface area contributed by atoms with E-state index in [2.05, 4.69) is 15.4 Å². The number of hydrogen-bond acceptors (Lipinski definition) is 5. The quantitative estimate of drug-likeness (QED) is 0.739. The molecule has 0 saturated heterocycles. The molecule has 138 valence electrons. The number of carbonyl (C=O) groups is 3. The normalized spacial score (nSPS) is 11.7. The maximum Gasteiger partial charge on any atom is 0.337 e. The van der Waals surface area contributed by atoms with Crippen molar-refractivity contribution in [1.29, 1.82) is 0 Å². The zero-order chi connectivity index (χ0) is 19.1. The van der Waals surface area contributed by atoms with E-state index in [4.69, 9.17) is 4.42 Å². The fourth-order valence-corrected chi connectivity index (χ4v) is 2.33. The van der Waals surface area contributed by atoms with E-state index >= 15 is 0 Å². The second-order valence-electron chi connectivity index (χ2n) is 6.08. The molecule has 7 nitrogen and oxygen atoms in total. The Bertz CT molecular complexity index is 751. The molecular weight excluding hydrogens is 336 g/mol. The van der Waals surface area contributed by atoms with Crippen LogP contribution < -0.4 is 10.6 Å². The molecule has 0 radical (unpaired) electrons. The van der Waals surface area contributed by atoms with E-state index in [-0.39, 0.29) is 24.1 Å². The second kappa shape index (κ2) is 8.84. The molecule has 1 atom stereocenters. The Balaban J connectivity index is 1.95. The van der Waals surface area contributed by atoms with Crippen molar-refractivity contribution in [2.75, 3.05) is 7.11 Å². The van der Waals surface area contributed by atoms with Gasteiger partial charge in [0.05, 0.1) is 18.9 Å². The van der Waals surface area contributed by atoms with E-state index in [0.29, 0.717) is 5.56 Å². The monoisotopic (exact) mass is 358 g/mol. The molecular formula is C19H22N2O5. The molecule has 0 bridgehead atoms. The average molecular weight is 358 g/mol. The van der Waals surface area contributed by atoms with E-state index in [1.165, 1.54) is 19.4 Å². The van der Waals surface area contributed by atoms with Gasteiger partial charge in [0.1, 0.15) is 6.04 Å². The van der Waals surface area contributed by atoms with Crippen LogP contribution in [0.5, 0.6) is 0 Å². The lowest BCUT2D eigenvalue weighted by Gasteiger charge is -2.21. The molecule has 2 amide bonds. The Kier molecular flexibility index (Phi) is 6.54. The highest BCUT2D eigenvalue weighted by Gasteiger charge is 2.25. The van der Waals surface area contributed by atoms with Crippen LogP contribution in [0.4, 0.5) is 0 Å². The summed E-state index contributed by atoms with van der Waals surface area (Å²) in [5.41, 5.74) is 1.26. The number of carbonyl (C=O) groups excluding carboxylic acids is 3. The Morgan fingerprint density at radius 3 is 2.35 bits per heavy atom. The predicted molar refractivity (Wildman–Crippen MR) is 94.4 cm³/mol. The van der Waals surface area contributed by atoms with E-state index in [1.54, 1.807) is 30.3 Å². The maximum absolute atomic E-state index is 12.5. The van der Waals surface area contributed by atoms with Crippen molar-refractivity contribution in [3.8, 4) is 0 Å². The van der Waals surface area contributed by atoms with E-state index in [0.717, 1.165) is 5.56 Å². The molecule has 2 N–H and O–H groups in total. The summed E-state index contributed by atoms with van der Waals surface area (Å²) in [5, 5.41) is 5.47. The number of nitrogens with one attached hydrogen (secondary N) is 2. The standard InChI is InChI=1S/C19H22N2O5/c1-12(2)16(21-17(22)15-5-4-10-26-15)18(23)20-11-13-6-8-14(9-7-13)19(24)25-3/h4-10,12,16H,11H2,1-3H3,(H,20,23)(H,21,22)/t16-/m0/s1. The fraction of sp³-hybridized carbons (Fsp3) is 0.316. The first-order valence-corrected chi connectivity index (χ1v) is 8.21. The van der Waals surface area contributed by atoms with Crippen molar-refractivity contribution in [2.45, 2.75) is 26.4 Å². The molecule has 1 aromatic heterocycles. The van der Waals surface area contributed by atoms with Crippen LogP contribution >= 0.6 is 0 Å². The molecule has 2 rings (SSSR count). The van der Waals surface area contributed by atoms with Gasteiger partial charge in [-0.2, -0.15) is 0 Å². The highest BCUT2D eigenvalue weighted by atomic mass is 16.5. The zero-order valence-corrected chi connectivity index (χ0v) is 14.9. The van der Waals surface area contributed by atoms with Crippen LogP contribution in [0.2, 0.25) is 0 Å². The van der Waals surface area contributed by atoms with Gasteiger partial charge in [-0.15, -0.1) is 0 Å². The van der Waals surface area contributed by atoms with Crippen molar-refractivity contribution in [3.63, 3.8) is 0 Å². The lowest BCUT2D eigenvalue weighted by molar-refractivity contribution is -0.124. The zero-order valence-electron chi connectivity index (χ0n) is 14.9. The number of methoxy groups -OCH3 is 1. The molecule has 2 aromatic rings. The number of hydrogen-bond donors (Lipinski definition) is 2. The van der Waals surface area contributed by atoms with Crippen LogP contribution in [0.3, 0.4) is 0 Å². The van der Waals surface area contributed by atoms with Crippen molar-refractivity contribution in [1.82, 2.24) is 10.6 Å². The highest BCUT2D eigenvalue weighted by molar-refractivity contribution is 5.95. The van der Waals surface area contributed by atoms with Gasteiger partial charge in [-0.25, -0.2) is 4.79 Å². The van der Waals surface area contributed by atoms with Gasteiger partial charge in [-0.3, -0.25) is 9.59 Å². The number of ether oxygens (including phenoxy) is 1. The molecule has 0 aliphatic rings. The minimum atomic E-state index is -0.693. The van der Waals surface area contributed by atoms with Crippen molar-refractivity contribution in [3.05, 3.63) is 59.5 Å². The second-order valence-corrected chi connectivity index (χ2v) is 6.08. The van der Waals surface area contributed by atoms with Crippen molar-refractivity contribution in [2.24, 2.45) is 5.92 Å². The molecule has 7 heteroatoms. The predicted octanol–water partition coefficient (Wildman–Crippen LogP) is 2.14. The molecule has 26 heavy (non-hydrogen) atoms. The summed E-state index contributed by atoms with van der Waals surface area (Å²) < 4.78 is 9.69. The largest absolute Gasteiger partial charge is 0.465 e. The summed E-state index contributed by atoms with van der Waals surface area (Å²) in [6.07, 6.45) is 1.40. The Labute approximate surface area is 151 Å². The van der Waals surface area contributed by atoms with Crippen LogP contribution in [0.1, 0.15) is 40.3 Å². The van der Waals surface area contributed by atoms with Gasteiger partial charge in [0.25, 0.3) is 5.91 Å². The number of esters is 1. The topological polar surface area (TPSA) is 97.6 Å². The van der Waals surface area contributed by atoms with Gasteiger partial charge in [-0.1, -0.05) is 26.0 Å². The van der Waals surface area contributed by atoms with E-state index in [1.807, 2.05) is 13.8 Å². The number of benzene rings is 1. The third-order valence-corrected chi connectivity index (χ3v) is 3.82. The minimum absolute atomic E-state index is 0.101. The van der Waals surface area contributed by atoms with Gasteiger partial charge in [0, 0.05) is 6.54 Å². The molecule has 0 unspecified atom stereocenters. The molecule has 0 fully saturated rings. The Morgan fingerprint density at radius 1 is 1.12 bits per heavy atom. The molecule has 0 aliphatic heterocycles. The minimum Gasteiger partial charge on any atom is -0.465 e. The van der Waals surface area contributed by atoms with Gasteiger partial charge < -0.3 is 19.8 Å². The lowest BCUT2D eigenvalue weighted by Crippen LogP contribution is -2.49. The third kappa shape index (κ3) is 4.95. The van der Waals surface area contributed by atoms with Crippen LogP contribution in [0.15, 0.2) is 47.1 Å². The first-order valence-electron chi connectivity index (χ1n) is 8.21. The first-order chi connectivity index (χ1) is 12.4. The summed E-state index contributed by atoms with van der Waals surface area (Å²) in [7, 11) is 1.32. The van der Waals surface area contributed by atoms with Crippen LogP contribution in [-0.2, 0) is 16.1 Å².